The van der Waals surface area contributed by atoms with Gasteiger partial charge < -0.3 is 5.32 Å². The fraction of sp³-hybridized carbons (Fsp3) is 0.105. The summed E-state index contributed by atoms with van der Waals surface area (Å²) in [5, 5.41) is 3.03. The van der Waals surface area contributed by atoms with Gasteiger partial charge in [-0.2, -0.15) is 0 Å². The maximum absolute atomic E-state index is 13.3. The van der Waals surface area contributed by atoms with Crippen LogP contribution in [-0.2, 0) is 17.9 Å². The number of anilines is 1. The highest BCUT2D eigenvalue weighted by Gasteiger charge is 2.11. The molecule has 3 aromatic rings. The summed E-state index contributed by atoms with van der Waals surface area (Å²) in [7, 11) is 0. The molecule has 0 unspecified atom stereocenters. The lowest BCUT2D eigenvalue weighted by Crippen LogP contribution is -2.41. The number of amides is 1. The Morgan fingerprint density at radius 1 is 1.07 bits per heavy atom. The second kappa shape index (κ2) is 8.01. The maximum Gasteiger partial charge on any atom is 0.331 e. The van der Waals surface area contributed by atoms with Crippen LogP contribution in [-0.4, -0.2) is 15.0 Å². The standard InChI is InChI=1S/C19H15ClFN3O3/c20-14-4-2-6-16(10-14)22-17(25)12-24-18(26)7-8-23(19(24)27)11-13-3-1-5-15(21)9-13/h1-10H,11-12H2,(H,22,25). The predicted molar refractivity (Wildman–Crippen MR) is 101 cm³/mol. The van der Waals surface area contributed by atoms with E-state index < -0.39 is 29.5 Å². The lowest BCUT2D eigenvalue weighted by Gasteiger charge is -2.10. The number of halogens is 2. The number of hydrogen-bond donors (Lipinski definition) is 1. The molecule has 27 heavy (non-hydrogen) atoms. The number of carbonyl (C=O) groups is 1. The molecule has 0 spiro atoms. The Kier molecular flexibility index (Phi) is 5.52. The molecule has 0 aliphatic rings. The molecule has 2 aromatic carbocycles. The van der Waals surface area contributed by atoms with E-state index in [1.807, 2.05) is 0 Å². The van der Waals surface area contributed by atoms with Gasteiger partial charge in [0.15, 0.2) is 0 Å². The van der Waals surface area contributed by atoms with Crippen LogP contribution in [0.15, 0.2) is 70.4 Å². The fourth-order valence-electron chi connectivity index (χ4n) is 2.57. The normalized spacial score (nSPS) is 10.6. The Labute approximate surface area is 158 Å². The van der Waals surface area contributed by atoms with Crippen molar-refractivity contribution in [2.75, 3.05) is 5.32 Å². The van der Waals surface area contributed by atoms with E-state index in [-0.39, 0.29) is 6.54 Å². The summed E-state index contributed by atoms with van der Waals surface area (Å²) in [6, 6.07) is 13.5. The summed E-state index contributed by atoms with van der Waals surface area (Å²) in [5.74, 6) is -0.963. The van der Waals surface area contributed by atoms with E-state index in [0.717, 1.165) is 4.57 Å². The Balaban J connectivity index is 1.82. The van der Waals surface area contributed by atoms with Crippen molar-refractivity contribution in [1.82, 2.24) is 9.13 Å². The quantitative estimate of drug-likeness (QED) is 0.731. The van der Waals surface area contributed by atoms with E-state index in [9.17, 15) is 18.8 Å². The first kappa shape index (κ1) is 18.6. The molecule has 8 heteroatoms. The lowest BCUT2D eigenvalue weighted by molar-refractivity contribution is -0.116. The molecule has 1 amide bonds. The third kappa shape index (κ3) is 4.71. The van der Waals surface area contributed by atoms with Crippen LogP contribution in [0.25, 0.3) is 0 Å². The zero-order valence-corrected chi connectivity index (χ0v) is 14.8. The second-order valence-electron chi connectivity index (χ2n) is 5.84. The van der Waals surface area contributed by atoms with Gasteiger partial charge in [-0.15, -0.1) is 0 Å². The van der Waals surface area contributed by atoms with Gasteiger partial charge in [0.1, 0.15) is 12.4 Å². The first-order valence-corrected chi connectivity index (χ1v) is 8.40. The average Bonchev–Trinajstić information content (AvgIpc) is 2.61. The van der Waals surface area contributed by atoms with Gasteiger partial charge in [-0.3, -0.25) is 18.7 Å². The molecule has 138 valence electrons. The lowest BCUT2D eigenvalue weighted by atomic mass is 10.2. The Morgan fingerprint density at radius 2 is 1.85 bits per heavy atom. The zero-order chi connectivity index (χ0) is 19.4. The van der Waals surface area contributed by atoms with Crippen LogP contribution in [0, 0.1) is 5.82 Å². The van der Waals surface area contributed by atoms with Crippen molar-refractivity contribution < 1.29 is 9.18 Å². The fourth-order valence-corrected chi connectivity index (χ4v) is 2.76. The number of aromatic nitrogens is 2. The van der Waals surface area contributed by atoms with E-state index >= 15 is 0 Å². The monoisotopic (exact) mass is 387 g/mol. The van der Waals surface area contributed by atoms with Gasteiger partial charge in [-0.1, -0.05) is 29.8 Å². The number of nitrogens with one attached hydrogen (secondary N) is 1. The summed E-state index contributed by atoms with van der Waals surface area (Å²) in [6.45, 7) is -0.374. The van der Waals surface area contributed by atoms with E-state index in [2.05, 4.69) is 5.32 Å². The Bertz CT molecular complexity index is 1110. The molecule has 0 fully saturated rings. The number of benzene rings is 2. The highest BCUT2D eigenvalue weighted by molar-refractivity contribution is 6.30. The van der Waals surface area contributed by atoms with Crippen LogP contribution in [0.5, 0.6) is 0 Å². The first-order valence-electron chi connectivity index (χ1n) is 8.02. The maximum atomic E-state index is 13.3. The van der Waals surface area contributed by atoms with E-state index in [0.29, 0.717) is 16.3 Å². The van der Waals surface area contributed by atoms with Crippen molar-refractivity contribution in [3.05, 3.63) is 98.0 Å². The summed E-state index contributed by atoms with van der Waals surface area (Å²) in [5.41, 5.74) is -0.244. The van der Waals surface area contributed by atoms with Crippen LogP contribution in [0.2, 0.25) is 5.02 Å². The van der Waals surface area contributed by atoms with E-state index in [1.165, 1.54) is 35.0 Å². The molecule has 0 saturated carbocycles. The molecule has 0 atom stereocenters. The van der Waals surface area contributed by atoms with Gasteiger partial charge in [0.2, 0.25) is 5.91 Å². The highest BCUT2D eigenvalue weighted by Crippen LogP contribution is 2.14. The summed E-state index contributed by atoms with van der Waals surface area (Å²) in [4.78, 5) is 36.8. The van der Waals surface area contributed by atoms with Crippen LogP contribution in [0.4, 0.5) is 10.1 Å². The van der Waals surface area contributed by atoms with Crippen molar-refractivity contribution >= 4 is 23.2 Å². The predicted octanol–water partition coefficient (Wildman–Crippen LogP) is 2.49. The van der Waals surface area contributed by atoms with Crippen LogP contribution >= 0.6 is 11.6 Å². The number of rotatable bonds is 5. The van der Waals surface area contributed by atoms with Gasteiger partial charge >= 0.3 is 5.69 Å². The van der Waals surface area contributed by atoms with E-state index in [4.69, 9.17) is 11.6 Å². The SMILES string of the molecule is O=C(Cn1c(=O)ccn(Cc2cccc(F)c2)c1=O)Nc1cccc(Cl)c1. The van der Waals surface area contributed by atoms with Gasteiger partial charge in [-0.05, 0) is 35.9 Å². The average molecular weight is 388 g/mol. The van der Waals surface area contributed by atoms with Crippen molar-refractivity contribution in [3.63, 3.8) is 0 Å². The van der Waals surface area contributed by atoms with Crippen LogP contribution in [0.3, 0.4) is 0 Å². The molecule has 1 heterocycles. The molecule has 1 N–H and O–H groups in total. The van der Waals surface area contributed by atoms with Crippen molar-refractivity contribution in [3.8, 4) is 0 Å². The van der Waals surface area contributed by atoms with Gasteiger partial charge in [0, 0.05) is 23.0 Å². The minimum Gasteiger partial charge on any atom is -0.324 e. The summed E-state index contributed by atoms with van der Waals surface area (Å²) < 4.78 is 15.4. The second-order valence-corrected chi connectivity index (χ2v) is 6.28. The highest BCUT2D eigenvalue weighted by atomic mass is 35.5. The van der Waals surface area contributed by atoms with Crippen molar-refractivity contribution in [2.24, 2.45) is 0 Å². The molecule has 0 bridgehead atoms. The molecule has 3 rings (SSSR count). The topological polar surface area (TPSA) is 73.1 Å². The van der Waals surface area contributed by atoms with Gasteiger partial charge in [0.05, 0.1) is 6.54 Å². The number of hydrogen-bond acceptors (Lipinski definition) is 3. The Hall–Kier alpha value is -3.19. The molecule has 0 aliphatic heterocycles. The van der Waals surface area contributed by atoms with E-state index in [1.54, 1.807) is 30.3 Å². The van der Waals surface area contributed by atoms with Crippen LogP contribution in [0.1, 0.15) is 5.56 Å². The number of nitrogens with zero attached hydrogens (tertiary/aromatic N) is 2. The van der Waals surface area contributed by atoms with Crippen molar-refractivity contribution in [2.45, 2.75) is 13.1 Å². The van der Waals surface area contributed by atoms with Gasteiger partial charge in [-0.25, -0.2) is 9.18 Å². The summed E-state index contributed by atoms with van der Waals surface area (Å²) in [6.07, 6.45) is 1.32. The third-order valence-electron chi connectivity index (χ3n) is 3.79. The Morgan fingerprint density at radius 3 is 2.59 bits per heavy atom. The molecule has 0 aliphatic carbocycles. The molecule has 0 saturated heterocycles. The molecule has 1 aromatic heterocycles. The number of carbonyl (C=O) groups excluding carboxylic acids is 1. The zero-order valence-electron chi connectivity index (χ0n) is 14.1. The first-order chi connectivity index (χ1) is 12.9. The summed E-state index contributed by atoms with van der Waals surface area (Å²) >= 11 is 5.86. The molecule has 0 radical (unpaired) electrons. The smallest absolute Gasteiger partial charge is 0.324 e. The molecular formula is C19H15ClFN3O3. The molecular weight excluding hydrogens is 373 g/mol. The minimum atomic E-state index is -0.659. The van der Waals surface area contributed by atoms with Crippen LogP contribution < -0.4 is 16.6 Å². The minimum absolute atomic E-state index is 0.0762. The third-order valence-corrected chi connectivity index (χ3v) is 4.03. The van der Waals surface area contributed by atoms with Gasteiger partial charge in [0.25, 0.3) is 5.56 Å². The van der Waals surface area contributed by atoms with Crippen molar-refractivity contribution in [1.29, 1.82) is 0 Å². The largest absolute Gasteiger partial charge is 0.331 e. The molecule has 6 nitrogen and oxygen atoms in total.